The van der Waals surface area contributed by atoms with Gasteiger partial charge in [0.15, 0.2) is 0 Å². The van der Waals surface area contributed by atoms with Crippen molar-refractivity contribution in [3.05, 3.63) is 71.8 Å². The minimum atomic E-state index is -0.285. The molecule has 1 fully saturated rings. The third-order valence-electron chi connectivity index (χ3n) is 3.89. The number of hydrogen-bond donors (Lipinski definition) is 1. The number of methoxy groups -OCH3 is 1. The Bertz CT molecular complexity index is 754. The highest BCUT2D eigenvalue weighted by Crippen LogP contribution is 2.27. The van der Waals surface area contributed by atoms with E-state index < -0.39 is 0 Å². The number of carbonyl (C=O) groups excluding carboxylic acids is 2. The van der Waals surface area contributed by atoms with E-state index in [-0.39, 0.29) is 24.3 Å². The number of benzene rings is 2. The lowest BCUT2D eigenvalue weighted by molar-refractivity contribution is -0.133. The first kappa shape index (κ1) is 15.8. The normalized spacial score (nSPS) is 17.1. The molecule has 0 radical (unpaired) electrons. The van der Waals surface area contributed by atoms with Gasteiger partial charge < -0.3 is 4.74 Å². The summed E-state index contributed by atoms with van der Waals surface area (Å²) in [5, 5.41) is 1.39. The van der Waals surface area contributed by atoms with E-state index in [1.165, 1.54) is 11.1 Å². The molecule has 5 nitrogen and oxygen atoms in total. The summed E-state index contributed by atoms with van der Waals surface area (Å²) >= 11 is 0. The number of amides is 2. The molecule has 2 aromatic rings. The Morgan fingerprint density at radius 2 is 1.88 bits per heavy atom. The first-order valence-electron chi connectivity index (χ1n) is 7.67. The van der Waals surface area contributed by atoms with Gasteiger partial charge in [0.05, 0.1) is 19.6 Å². The fourth-order valence-electron chi connectivity index (χ4n) is 2.64. The first-order valence-corrected chi connectivity index (χ1v) is 7.67. The molecule has 1 saturated heterocycles. The number of nitrogens with zero attached hydrogens (tertiary/aromatic N) is 1. The highest BCUT2D eigenvalue weighted by atomic mass is 16.5. The van der Waals surface area contributed by atoms with E-state index in [0.29, 0.717) is 0 Å². The average molecular weight is 322 g/mol. The van der Waals surface area contributed by atoms with Gasteiger partial charge in [0.25, 0.3) is 5.91 Å². The molecule has 1 unspecified atom stereocenters. The van der Waals surface area contributed by atoms with E-state index >= 15 is 0 Å². The van der Waals surface area contributed by atoms with Crippen molar-refractivity contribution in [2.24, 2.45) is 0 Å². The van der Waals surface area contributed by atoms with Gasteiger partial charge in [-0.15, -0.1) is 0 Å². The zero-order chi connectivity index (χ0) is 16.9. The number of carbonyl (C=O) groups is 2. The van der Waals surface area contributed by atoms with Gasteiger partial charge in [0, 0.05) is 6.08 Å². The molecule has 3 rings (SSSR count). The lowest BCUT2D eigenvalue weighted by Crippen LogP contribution is -2.39. The number of nitrogens with one attached hydrogen (secondary N) is 1. The lowest BCUT2D eigenvalue weighted by atomic mass is 10.0. The summed E-state index contributed by atoms with van der Waals surface area (Å²) in [7, 11) is 1.61. The molecule has 1 atom stereocenters. The van der Waals surface area contributed by atoms with Gasteiger partial charge in [-0.05, 0) is 29.3 Å². The second kappa shape index (κ2) is 7.00. The standard InChI is InChI=1S/C19H18N2O3/c1-24-16-10-7-14(8-11-16)9-12-19(23)21-17(13-18(22)20-21)15-5-3-2-4-6-15/h2-12,17H,13H2,1H3,(H,20,22). The summed E-state index contributed by atoms with van der Waals surface area (Å²) in [6, 6.07) is 16.6. The molecule has 1 N–H and O–H groups in total. The van der Waals surface area contributed by atoms with Crippen molar-refractivity contribution in [3.63, 3.8) is 0 Å². The van der Waals surface area contributed by atoms with E-state index in [2.05, 4.69) is 5.43 Å². The molecule has 0 saturated carbocycles. The summed E-state index contributed by atoms with van der Waals surface area (Å²) in [5.74, 6) is 0.343. The van der Waals surface area contributed by atoms with Gasteiger partial charge in [-0.3, -0.25) is 15.0 Å². The fourth-order valence-corrected chi connectivity index (χ4v) is 2.64. The van der Waals surface area contributed by atoms with Crippen LogP contribution in [0.15, 0.2) is 60.7 Å². The summed E-state index contributed by atoms with van der Waals surface area (Å²) in [6.07, 6.45) is 3.45. The Labute approximate surface area is 140 Å². The van der Waals surface area contributed by atoms with Crippen molar-refractivity contribution < 1.29 is 14.3 Å². The van der Waals surface area contributed by atoms with Crippen LogP contribution in [0.1, 0.15) is 23.6 Å². The van der Waals surface area contributed by atoms with E-state index in [1.54, 1.807) is 13.2 Å². The third kappa shape index (κ3) is 3.46. The summed E-state index contributed by atoms with van der Waals surface area (Å²) < 4.78 is 5.10. The van der Waals surface area contributed by atoms with Crippen LogP contribution in [0.4, 0.5) is 0 Å². The summed E-state index contributed by atoms with van der Waals surface area (Å²) in [6.45, 7) is 0. The first-order chi connectivity index (χ1) is 11.7. The number of hydrazine groups is 1. The van der Waals surface area contributed by atoms with Crippen LogP contribution in [-0.4, -0.2) is 23.9 Å². The number of rotatable bonds is 4. The molecule has 1 aliphatic heterocycles. The van der Waals surface area contributed by atoms with Gasteiger partial charge in [0.2, 0.25) is 5.91 Å². The molecular formula is C19H18N2O3. The van der Waals surface area contributed by atoms with Crippen LogP contribution in [0.5, 0.6) is 5.75 Å². The van der Waals surface area contributed by atoms with E-state index in [1.807, 2.05) is 54.6 Å². The molecule has 0 aromatic heterocycles. The van der Waals surface area contributed by atoms with Crippen LogP contribution >= 0.6 is 0 Å². The Kier molecular flexibility index (Phi) is 4.61. The molecule has 0 aliphatic carbocycles. The van der Waals surface area contributed by atoms with Crippen LogP contribution in [0.25, 0.3) is 6.08 Å². The van der Waals surface area contributed by atoms with Crippen LogP contribution in [0, 0.1) is 0 Å². The Morgan fingerprint density at radius 1 is 1.17 bits per heavy atom. The van der Waals surface area contributed by atoms with Gasteiger partial charge in [0.1, 0.15) is 5.75 Å². The number of ether oxygens (including phenoxy) is 1. The molecule has 24 heavy (non-hydrogen) atoms. The van der Waals surface area contributed by atoms with Gasteiger partial charge in [-0.2, -0.15) is 0 Å². The van der Waals surface area contributed by atoms with Crippen LogP contribution in [0.3, 0.4) is 0 Å². The Morgan fingerprint density at radius 3 is 2.54 bits per heavy atom. The van der Waals surface area contributed by atoms with Crippen molar-refractivity contribution in [1.29, 1.82) is 0 Å². The maximum Gasteiger partial charge on any atom is 0.265 e. The summed E-state index contributed by atoms with van der Waals surface area (Å²) in [4.78, 5) is 24.2. The van der Waals surface area contributed by atoms with Crippen molar-refractivity contribution in [2.75, 3.05) is 7.11 Å². The van der Waals surface area contributed by atoms with E-state index in [0.717, 1.165) is 16.9 Å². The topological polar surface area (TPSA) is 58.6 Å². The zero-order valence-electron chi connectivity index (χ0n) is 13.3. The molecule has 2 amide bonds. The predicted octanol–water partition coefficient (Wildman–Crippen LogP) is 2.71. The van der Waals surface area contributed by atoms with E-state index in [9.17, 15) is 9.59 Å². The second-order valence-corrected chi connectivity index (χ2v) is 5.48. The molecule has 1 heterocycles. The molecule has 2 aromatic carbocycles. The molecule has 122 valence electrons. The van der Waals surface area contributed by atoms with E-state index in [4.69, 9.17) is 4.74 Å². The molecule has 0 bridgehead atoms. The van der Waals surface area contributed by atoms with Crippen molar-refractivity contribution in [3.8, 4) is 5.75 Å². The molecule has 1 aliphatic rings. The smallest absolute Gasteiger partial charge is 0.265 e. The monoisotopic (exact) mass is 322 g/mol. The Balaban J connectivity index is 1.75. The second-order valence-electron chi connectivity index (χ2n) is 5.48. The van der Waals surface area contributed by atoms with Crippen LogP contribution in [-0.2, 0) is 9.59 Å². The fraction of sp³-hybridized carbons (Fsp3) is 0.158. The molecule has 0 spiro atoms. The summed E-state index contributed by atoms with van der Waals surface area (Å²) in [5.41, 5.74) is 4.44. The Hall–Kier alpha value is -3.08. The quantitative estimate of drug-likeness (QED) is 0.881. The highest BCUT2D eigenvalue weighted by Gasteiger charge is 2.33. The van der Waals surface area contributed by atoms with Gasteiger partial charge in [-0.1, -0.05) is 42.5 Å². The maximum atomic E-state index is 12.5. The van der Waals surface area contributed by atoms with Crippen molar-refractivity contribution in [2.45, 2.75) is 12.5 Å². The lowest BCUT2D eigenvalue weighted by Gasteiger charge is -2.22. The van der Waals surface area contributed by atoms with Crippen LogP contribution < -0.4 is 10.2 Å². The predicted molar refractivity (Wildman–Crippen MR) is 90.8 cm³/mol. The van der Waals surface area contributed by atoms with Crippen LogP contribution in [0.2, 0.25) is 0 Å². The van der Waals surface area contributed by atoms with Crippen molar-refractivity contribution in [1.82, 2.24) is 10.4 Å². The highest BCUT2D eigenvalue weighted by molar-refractivity contribution is 5.95. The number of hydrogen-bond acceptors (Lipinski definition) is 3. The average Bonchev–Trinajstić information content (AvgIpc) is 3.03. The van der Waals surface area contributed by atoms with Gasteiger partial charge >= 0.3 is 0 Å². The van der Waals surface area contributed by atoms with Gasteiger partial charge in [-0.25, -0.2) is 5.01 Å². The largest absolute Gasteiger partial charge is 0.497 e. The molecule has 5 heteroatoms. The minimum Gasteiger partial charge on any atom is -0.497 e. The van der Waals surface area contributed by atoms with Crippen molar-refractivity contribution >= 4 is 17.9 Å². The SMILES string of the molecule is COc1ccc(C=CC(=O)N2NC(=O)CC2c2ccccc2)cc1. The maximum absolute atomic E-state index is 12.5. The minimum absolute atomic E-state index is 0.157. The third-order valence-corrected chi connectivity index (χ3v) is 3.89. The zero-order valence-corrected chi connectivity index (χ0v) is 13.3. The molecular weight excluding hydrogens is 304 g/mol.